The van der Waals surface area contributed by atoms with Gasteiger partial charge in [0.15, 0.2) is 0 Å². The summed E-state index contributed by atoms with van der Waals surface area (Å²) in [6, 6.07) is 12.5. The van der Waals surface area contributed by atoms with Crippen LogP contribution in [-0.4, -0.2) is 130 Å². The van der Waals surface area contributed by atoms with Gasteiger partial charge in [0.05, 0.1) is 35.6 Å². The monoisotopic (exact) mass is 931 g/mol. The van der Waals surface area contributed by atoms with Gasteiger partial charge in [0.2, 0.25) is 17.7 Å². The Bertz CT molecular complexity index is 2640. The second kappa shape index (κ2) is 18.6. The third-order valence-corrected chi connectivity index (χ3v) is 14.8. The van der Waals surface area contributed by atoms with Crippen LogP contribution in [0.15, 0.2) is 54.7 Å². The summed E-state index contributed by atoms with van der Waals surface area (Å²) in [7, 11) is 1.68. The number of amides is 4. The lowest BCUT2D eigenvalue weighted by atomic mass is 9.84. The zero-order valence-electron chi connectivity index (χ0n) is 40.4. The number of cyclic esters (lactones) is 1. The van der Waals surface area contributed by atoms with Crippen LogP contribution in [0, 0.1) is 16.7 Å². The Balaban J connectivity index is 1.10. The van der Waals surface area contributed by atoms with Crippen LogP contribution in [0.2, 0.25) is 0 Å². The molecule has 5 aliphatic heterocycles. The molecule has 6 bridgehead atoms. The minimum absolute atomic E-state index is 0.000244. The molecule has 4 fully saturated rings. The first-order chi connectivity index (χ1) is 32.5. The fourth-order valence-corrected chi connectivity index (χ4v) is 11.1. The molecule has 4 saturated heterocycles. The van der Waals surface area contributed by atoms with E-state index in [9.17, 15) is 29.1 Å². The first-order valence-corrected chi connectivity index (χ1v) is 24.4. The van der Waals surface area contributed by atoms with Crippen LogP contribution in [0.25, 0.3) is 33.3 Å². The summed E-state index contributed by atoms with van der Waals surface area (Å²) in [5, 5.41) is 19.9. The zero-order chi connectivity index (χ0) is 48.2. The Hall–Kier alpha value is -5.84. The molecule has 0 aliphatic carbocycles. The molecule has 16 heteroatoms. The van der Waals surface area contributed by atoms with Crippen molar-refractivity contribution in [3.63, 3.8) is 0 Å². The highest BCUT2D eigenvalue weighted by Crippen LogP contribution is 2.44. The number of esters is 1. The molecule has 4 amide bonds. The van der Waals surface area contributed by atoms with Crippen molar-refractivity contribution < 1.29 is 38.6 Å². The highest BCUT2D eigenvalue weighted by atomic mass is 16.5. The summed E-state index contributed by atoms with van der Waals surface area (Å²) in [5.41, 5.74) is 8.87. The molecule has 7 heterocycles. The fourth-order valence-electron chi connectivity index (χ4n) is 11.1. The van der Waals surface area contributed by atoms with Gasteiger partial charge in [-0.2, -0.15) is 0 Å². The second-order valence-corrected chi connectivity index (χ2v) is 20.7. The highest BCUT2D eigenvalue weighted by Gasteiger charge is 2.55. The maximum Gasteiger partial charge on any atom is 0.324 e. The number of hydrogen-bond acceptors (Lipinski definition) is 11. The number of nitrogens with one attached hydrogen (secondary N) is 3. The molecule has 68 heavy (non-hydrogen) atoms. The van der Waals surface area contributed by atoms with Gasteiger partial charge in [0.1, 0.15) is 23.9 Å². The van der Waals surface area contributed by atoms with E-state index in [1.165, 1.54) is 5.01 Å². The Morgan fingerprint density at radius 1 is 1.03 bits per heavy atom. The van der Waals surface area contributed by atoms with E-state index >= 15 is 0 Å². The van der Waals surface area contributed by atoms with Crippen molar-refractivity contribution in [3.8, 4) is 28.1 Å². The number of ether oxygens (including phenoxy) is 2. The van der Waals surface area contributed by atoms with E-state index in [-0.39, 0.29) is 55.2 Å². The van der Waals surface area contributed by atoms with Gasteiger partial charge >= 0.3 is 5.97 Å². The molecule has 362 valence electrons. The largest absolute Gasteiger partial charge is 0.508 e. The van der Waals surface area contributed by atoms with Gasteiger partial charge in [-0.05, 0) is 111 Å². The number of carbonyl (C=O) groups is 5. The molecule has 1 spiro atoms. The molecule has 2 aromatic heterocycles. The predicted octanol–water partition coefficient (Wildman–Crippen LogP) is 4.90. The van der Waals surface area contributed by atoms with Crippen molar-refractivity contribution in [2.24, 2.45) is 16.7 Å². The van der Waals surface area contributed by atoms with Crippen molar-refractivity contribution in [3.05, 3.63) is 71.5 Å². The molecule has 4 aromatic rings. The van der Waals surface area contributed by atoms with Gasteiger partial charge in [-0.25, -0.2) is 5.43 Å². The van der Waals surface area contributed by atoms with E-state index in [0.29, 0.717) is 70.4 Å². The maximum atomic E-state index is 14.8. The molecule has 9 rings (SSSR count). The number of methoxy groups -OCH3 is 1. The van der Waals surface area contributed by atoms with Gasteiger partial charge in [-0.15, -0.1) is 0 Å². The van der Waals surface area contributed by atoms with Crippen LogP contribution in [0.1, 0.15) is 90.2 Å². The summed E-state index contributed by atoms with van der Waals surface area (Å²) < 4.78 is 14.2. The summed E-state index contributed by atoms with van der Waals surface area (Å²) in [6.07, 6.45) is 4.08. The Kier molecular flexibility index (Phi) is 12.9. The third kappa shape index (κ3) is 8.98. The number of rotatable bonds is 9. The van der Waals surface area contributed by atoms with Crippen LogP contribution in [0.3, 0.4) is 0 Å². The minimum atomic E-state index is -1.14. The minimum Gasteiger partial charge on any atom is -0.508 e. The van der Waals surface area contributed by atoms with Crippen LogP contribution in [0.4, 0.5) is 0 Å². The topological polar surface area (TPSA) is 198 Å². The van der Waals surface area contributed by atoms with Crippen molar-refractivity contribution in [1.29, 1.82) is 0 Å². The number of benzene rings is 2. The van der Waals surface area contributed by atoms with Gasteiger partial charge < -0.3 is 39.6 Å². The number of nitrogens with zero attached hydrogens (tertiary/aromatic N) is 5. The molecule has 0 radical (unpaired) electrons. The van der Waals surface area contributed by atoms with Crippen LogP contribution in [-0.2, 0) is 52.8 Å². The number of aryl methyl sites for hydroxylation is 1. The molecular formula is C52H66N8O8. The smallest absolute Gasteiger partial charge is 0.324 e. The SMILES string of the molecule is CCn1c(-c2cccnc2[C@H](C)OC)c2c3cc(ccc31)-c1cc(O)cc(c1)C[C@H](NC(=O)C(C(C)C)N1CCC3(CCN(C(=O)[C@H]4CN4)C3)C1=O)C(=O)N1CCC[C@H](N1)C(=O)OCC(C)(C)C2. The van der Waals surface area contributed by atoms with E-state index in [1.54, 1.807) is 35.2 Å². The lowest BCUT2D eigenvalue weighted by molar-refractivity contribution is -0.155. The van der Waals surface area contributed by atoms with Crippen molar-refractivity contribution in [1.82, 2.24) is 40.4 Å². The number of hydrazine groups is 1. The molecule has 0 saturated carbocycles. The first-order valence-electron chi connectivity index (χ1n) is 24.4. The van der Waals surface area contributed by atoms with Gasteiger partial charge in [0.25, 0.3) is 5.91 Å². The number of phenols is 1. The molecule has 2 aromatic carbocycles. The van der Waals surface area contributed by atoms with Gasteiger partial charge in [0, 0.05) is 80.9 Å². The number of pyridine rings is 1. The normalized spacial score (nSPS) is 24.9. The number of hydrogen-bond donors (Lipinski definition) is 4. The van der Waals surface area contributed by atoms with Gasteiger partial charge in [-0.1, -0.05) is 39.8 Å². The predicted molar refractivity (Wildman–Crippen MR) is 256 cm³/mol. The van der Waals surface area contributed by atoms with E-state index in [2.05, 4.69) is 59.6 Å². The van der Waals surface area contributed by atoms with Crippen LogP contribution < -0.4 is 16.1 Å². The van der Waals surface area contributed by atoms with Crippen molar-refractivity contribution in [2.75, 3.05) is 46.4 Å². The van der Waals surface area contributed by atoms with E-state index in [1.807, 2.05) is 39.0 Å². The van der Waals surface area contributed by atoms with E-state index in [4.69, 9.17) is 14.5 Å². The van der Waals surface area contributed by atoms with E-state index in [0.717, 1.165) is 44.5 Å². The Labute approximate surface area is 398 Å². The number of phenolic OH excluding ortho intramolecular Hbond substituents is 1. The lowest BCUT2D eigenvalue weighted by Gasteiger charge is -2.37. The number of likely N-dealkylation sites (tertiary alicyclic amines) is 2. The summed E-state index contributed by atoms with van der Waals surface area (Å²) >= 11 is 0. The average Bonchev–Trinajstić information content (AvgIpc) is 3.92. The standard InChI is InChI=1S/C52H66N8O8/c1-8-58-42-14-13-33-25-37(42)38(45(58)36-11-9-17-53-43(36)31(4)67-7)26-51(5,6)29-68-49(65)39-12-10-18-60(56-39)48(64)40(23-32-21-34(33)24-35(61)22-32)55-46(62)44(30(2)3)59-20-16-52(50(59)66)15-19-57(28-52)47(63)41-27-54-41/h9,11,13-14,17,21-22,24-25,30-31,39-41,44,54,56,61H,8,10,12,15-16,18-20,23,26-29H2,1-7H3,(H,55,62)/t31-,39-,40-,41+,44?,52?/m0/s1. The molecule has 2 unspecified atom stereocenters. The third-order valence-electron chi connectivity index (χ3n) is 14.8. The maximum absolute atomic E-state index is 14.8. The molecule has 16 nitrogen and oxygen atoms in total. The fraction of sp³-hybridized carbons (Fsp3) is 0.538. The lowest BCUT2D eigenvalue weighted by Crippen LogP contribution is -2.62. The van der Waals surface area contributed by atoms with Crippen molar-refractivity contribution >= 4 is 40.5 Å². The van der Waals surface area contributed by atoms with Crippen molar-refractivity contribution in [2.45, 2.75) is 117 Å². The Morgan fingerprint density at radius 2 is 1.81 bits per heavy atom. The molecule has 6 atom stereocenters. The number of aromatic nitrogens is 2. The Morgan fingerprint density at radius 3 is 2.54 bits per heavy atom. The van der Waals surface area contributed by atoms with Crippen LogP contribution >= 0.6 is 0 Å². The number of fused-ring (bicyclic) bond motifs is 6. The molecule has 4 N–H and O–H groups in total. The van der Waals surface area contributed by atoms with Gasteiger partial charge in [-0.3, -0.25) is 34.0 Å². The summed E-state index contributed by atoms with van der Waals surface area (Å²) in [5.74, 6) is -1.84. The zero-order valence-corrected chi connectivity index (χ0v) is 40.4. The quantitative estimate of drug-likeness (QED) is 0.132. The molecule has 5 aliphatic rings. The summed E-state index contributed by atoms with van der Waals surface area (Å²) in [6.45, 7) is 14.9. The first kappa shape index (κ1) is 47.2. The van der Waals surface area contributed by atoms with Crippen LogP contribution in [0.5, 0.6) is 5.75 Å². The molecular weight excluding hydrogens is 865 g/mol. The highest BCUT2D eigenvalue weighted by molar-refractivity contribution is 5.97. The van der Waals surface area contributed by atoms with E-state index < -0.39 is 46.7 Å². The summed E-state index contributed by atoms with van der Waals surface area (Å²) in [4.78, 5) is 79.1. The number of carbonyl (C=O) groups excluding carboxylic acids is 5. The average molecular weight is 931 g/mol. The number of aromatic hydroxyl groups is 1. The second-order valence-electron chi connectivity index (χ2n) is 20.7.